The van der Waals surface area contributed by atoms with E-state index in [0.29, 0.717) is 25.3 Å². The molecule has 0 spiro atoms. The average molecular weight is 266 g/mol. The molecule has 1 heterocycles. The molecule has 4 nitrogen and oxygen atoms in total. The van der Waals surface area contributed by atoms with Crippen molar-refractivity contribution in [1.82, 2.24) is 5.32 Å². The predicted octanol–water partition coefficient (Wildman–Crippen LogP) is 1.33. The minimum Gasteiger partial charge on any atom is -0.381 e. The fourth-order valence-corrected chi connectivity index (χ4v) is 2.15. The lowest BCUT2D eigenvalue weighted by atomic mass is 9.99. The third kappa shape index (κ3) is 3.75. The number of carbonyl (C=O) groups excluding carboxylic acids is 1. The molecule has 1 aromatic carbocycles. The van der Waals surface area contributed by atoms with Gasteiger partial charge in [0.25, 0.3) is 0 Å². The fourth-order valence-electron chi connectivity index (χ4n) is 2.15. The molecule has 1 aliphatic rings. The first kappa shape index (κ1) is 14.0. The number of hydrogen-bond donors (Lipinski definition) is 2. The first-order valence-corrected chi connectivity index (χ1v) is 6.53. The Morgan fingerprint density at radius 2 is 2.16 bits per heavy atom. The Kier molecular flexibility index (Phi) is 4.87. The maximum Gasteiger partial charge on any atom is 0.223 e. The van der Waals surface area contributed by atoms with Gasteiger partial charge >= 0.3 is 0 Å². The summed E-state index contributed by atoms with van der Waals surface area (Å²) in [5, 5.41) is 2.78. The van der Waals surface area contributed by atoms with E-state index >= 15 is 0 Å². The summed E-state index contributed by atoms with van der Waals surface area (Å²) >= 11 is 0. The van der Waals surface area contributed by atoms with E-state index in [1.54, 1.807) is 12.1 Å². The van der Waals surface area contributed by atoms with E-state index in [2.05, 4.69) is 5.32 Å². The van der Waals surface area contributed by atoms with Crippen LogP contribution in [0.4, 0.5) is 4.39 Å². The largest absolute Gasteiger partial charge is 0.381 e. The molecule has 0 unspecified atom stereocenters. The number of amides is 1. The van der Waals surface area contributed by atoms with E-state index in [1.165, 1.54) is 6.07 Å². The Morgan fingerprint density at radius 1 is 1.42 bits per heavy atom. The molecular weight excluding hydrogens is 247 g/mol. The molecule has 0 aromatic heterocycles. The van der Waals surface area contributed by atoms with Crippen molar-refractivity contribution < 1.29 is 13.9 Å². The Labute approximate surface area is 112 Å². The van der Waals surface area contributed by atoms with Gasteiger partial charge in [-0.2, -0.15) is 0 Å². The van der Waals surface area contributed by atoms with Gasteiger partial charge < -0.3 is 15.8 Å². The summed E-state index contributed by atoms with van der Waals surface area (Å²) in [6.07, 6.45) is 1.47. The van der Waals surface area contributed by atoms with E-state index in [9.17, 15) is 9.18 Å². The van der Waals surface area contributed by atoms with E-state index in [4.69, 9.17) is 10.5 Å². The first-order valence-electron chi connectivity index (χ1n) is 6.53. The van der Waals surface area contributed by atoms with Gasteiger partial charge in [0.2, 0.25) is 5.91 Å². The van der Waals surface area contributed by atoms with Crippen molar-refractivity contribution in [2.45, 2.75) is 25.9 Å². The van der Waals surface area contributed by atoms with E-state index in [0.717, 1.165) is 18.4 Å². The fraction of sp³-hybridized carbons (Fsp3) is 0.500. The van der Waals surface area contributed by atoms with Gasteiger partial charge in [-0.05, 0) is 24.5 Å². The molecule has 0 bridgehead atoms. The van der Waals surface area contributed by atoms with Crippen LogP contribution in [0.15, 0.2) is 18.2 Å². The molecule has 0 aliphatic carbocycles. The third-order valence-corrected chi connectivity index (χ3v) is 3.40. The zero-order valence-corrected chi connectivity index (χ0v) is 10.8. The van der Waals surface area contributed by atoms with Crippen LogP contribution in [0.2, 0.25) is 0 Å². The molecule has 0 radical (unpaired) electrons. The lowest BCUT2D eigenvalue weighted by Gasteiger charge is -2.21. The van der Waals surface area contributed by atoms with Crippen LogP contribution >= 0.6 is 0 Å². The summed E-state index contributed by atoms with van der Waals surface area (Å²) in [5.74, 6) is -0.360. The van der Waals surface area contributed by atoms with Crippen LogP contribution in [0.1, 0.15) is 24.0 Å². The number of nitrogens with one attached hydrogen (secondary N) is 1. The molecule has 0 atom stereocenters. The molecule has 19 heavy (non-hydrogen) atoms. The number of halogens is 1. The van der Waals surface area contributed by atoms with E-state index in [1.807, 2.05) is 0 Å². The molecule has 1 aromatic rings. The molecule has 5 heteroatoms. The number of ether oxygens (including phenoxy) is 1. The zero-order chi connectivity index (χ0) is 13.7. The van der Waals surface area contributed by atoms with Gasteiger partial charge in [0.15, 0.2) is 0 Å². The molecule has 104 valence electrons. The van der Waals surface area contributed by atoms with Gasteiger partial charge in [-0.15, -0.1) is 0 Å². The monoisotopic (exact) mass is 266 g/mol. The van der Waals surface area contributed by atoms with Crippen LogP contribution in [0.25, 0.3) is 0 Å². The van der Waals surface area contributed by atoms with Crippen LogP contribution < -0.4 is 11.1 Å². The summed E-state index contributed by atoms with van der Waals surface area (Å²) in [5.41, 5.74) is 6.67. The van der Waals surface area contributed by atoms with Crippen molar-refractivity contribution in [1.29, 1.82) is 0 Å². The van der Waals surface area contributed by atoms with Gasteiger partial charge in [-0.3, -0.25) is 4.79 Å². The number of hydrogen-bond acceptors (Lipinski definition) is 3. The molecule has 1 fully saturated rings. The zero-order valence-electron chi connectivity index (χ0n) is 10.8. The highest BCUT2D eigenvalue weighted by atomic mass is 19.1. The lowest BCUT2D eigenvalue weighted by Crippen LogP contribution is -2.34. The van der Waals surface area contributed by atoms with Gasteiger partial charge in [-0.25, -0.2) is 4.39 Å². The van der Waals surface area contributed by atoms with Gasteiger partial charge in [0.05, 0.1) is 0 Å². The Hall–Kier alpha value is -1.46. The Balaban J connectivity index is 1.89. The van der Waals surface area contributed by atoms with Crippen molar-refractivity contribution in [3.63, 3.8) is 0 Å². The second-order valence-electron chi connectivity index (χ2n) is 4.73. The highest BCUT2D eigenvalue weighted by molar-refractivity contribution is 5.78. The normalized spacial score (nSPS) is 16.3. The van der Waals surface area contributed by atoms with Gasteiger partial charge in [-0.1, -0.05) is 12.1 Å². The smallest absolute Gasteiger partial charge is 0.223 e. The second-order valence-corrected chi connectivity index (χ2v) is 4.73. The summed E-state index contributed by atoms with van der Waals surface area (Å²) in [7, 11) is 0. The Bertz CT molecular complexity index is 445. The highest BCUT2D eigenvalue weighted by Crippen LogP contribution is 2.15. The quantitative estimate of drug-likeness (QED) is 0.864. The van der Waals surface area contributed by atoms with Crippen molar-refractivity contribution in [2.24, 2.45) is 11.7 Å². The summed E-state index contributed by atoms with van der Waals surface area (Å²) in [6.45, 7) is 1.77. The topological polar surface area (TPSA) is 64.3 Å². The van der Waals surface area contributed by atoms with E-state index in [-0.39, 0.29) is 24.2 Å². The number of carbonyl (C=O) groups is 1. The standard InChI is InChI=1S/C14H19FN2O2/c15-13-7-10(8-16)1-2-12(13)9-17-14(18)11-3-5-19-6-4-11/h1-2,7,11H,3-6,8-9,16H2,(H,17,18). The van der Waals surface area contributed by atoms with Crippen molar-refractivity contribution >= 4 is 5.91 Å². The highest BCUT2D eigenvalue weighted by Gasteiger charge is 2.21. The third-order valence-electron chi connectivity index (χ3n) is 3.40. The molecule has 1 saturated heterocycles. The minimum atomic E-state index is -0.324. The lowest BCUT2D eigenvalue weighted by molar-refractivity contribution is -0.128. The van der Waals surface area contributed by atoms with Crippen LogP contribution in [0, 0.1) is 11.7 Å². The molecule has 3 N–H and O–H groups in total. The predicted molar refractivity (Wildman–Crippen MR) is 69.7 cm³/mol. The summed E-state index contributed by atoms with van der Waals surface area (Å²) < 4.78 is 18.9. The molecule has 1 amide bonds. The van der Waals surface area contributed by atoms with Crippen LogP contribution in [0.5, 0.6) is 0 Å². The van der Waals surface area contributed by atoms with E-state index < -0.39 is 0 Å². The molecule has 1 aliphatic heterocycles. The summed E-state index contributed by atoms with van der Waals surface area (Å²) in [4.78, 5) is 11.9. The number of nitrogens with two attached hydrogens (primary N) is 1. The Morgan fingerprint density at radius 3 is 2.79 bits per heavy atom. The maximum absolute atomic E-state index is 13.7. The average Bonchev–Trinajstić information content (AvgIpc) is 2.46. The molecule has 2 rings (SSSR count). The minimum absolute atomic E-state index is 0.0138. The maximum atomic E-state index is 13.7. The van der Waals surface area contributed by atoms with Crippen LogP contribution in [-0.2, 0) is 22.6 Å². The van der Waals surface area contributed by atoms with Gasteiger partial charge in [0.1, 0.15) is 5.82 Å². The van der Waals surface area contributed by atoms with Gasteiger partial charge in [0, 0.05) is 37.8 Å². The van der Waals surface area contributed by atoms with Crippen LogP contribution in [-0.4, -0.2) is 19.1 Å². The molecule has 0 saturated carbocycles. The summed E-state index contributed by atoms with van der Waals surface area (Å²) in [6, 6.07) is 4.86. The van der Waals surface area contributed by atoms with Crippen molar-refractivity contribution in [2.75, 3.05) is 13.2 Å². The SMILES string of the molecule is NCc1ccc(CNC(=O)C2CCOCC2)c(F)c1. The van der Waals surface area contributed by atoms with Crippen molar-refractivity contribution in [3.8, 4) is 0 Å². The first-order chi connectivity index (χ1) is 9.20. The van der Waals surface area contributed by atoms with Crippen LogP contribution in [0.3, 0.4) is 0 Å². The second kappa shape index (κ2) is 6.63. The number of rotatable bonds is 4. The van der Waals surface area contributed by atoms with Crippen molar-refractivity contribution in [3.05, 3.63) is 35.1 Å². The number of benzene rings is 1. The molecular formula is C14H19FN2O2.